The van der Waals surface area contributed by atoms with Gasteiger partial charge in [0.15, 0.2) is 0 Å². The minimum atomic E-state index is -0.857. The molecule has 0 spiro atoms. The Labute approximate surface area is 166 Å². The zero-order chi connectivity index (χ0) is 20.8. The fraction of sp³-hybridized carbons (Fsp3) is 0.200. The third-order valence-corrected chi connectivity index (χ3v) is 4.12. The van der Waals surface area contributed by atoms with Gasteiger partial charge in [0.1, 0.15) is 24.0 Å². The number of nitrogens with zero attached hydrogens (tertiary/aromatic N) is 2. The summed E-state index contributed by atoms with van der Waals surface area (Å²) in [7, 11) is 3.64. The predicted octanol–water partition coefficient (Wildman–Crippen LogP) is 3.61. The van der Waals surface area contributed by atoms with E-state index in [1.54, 1.807) is 36.1 Å². The molecule has 3 rings (SSSR count). The van der Waals surface area contributed by atoms with Crippen LogP contribution in [-0.4, -0.2) is 36.0 Å². The highest BCUT2D eigenvalue weighted by atomic mass is 19.1. The molecule has 0 fully saturated rings. The zero-order valence-electron chi connectivity index (χ0n) is 16.0. The molecule has 2 aromatic carbocycles. The normalized spacial score (nSPS) is 10.6. The Morgan fingerprint density at radius 3 is 2.66 bits per heavy atom. The van der Waals surface area contributed by atoms with E-state index in [1.807, 2.05) is 13.1 Å². The molecule has 9 heteroatoms. The van der Waals surface area contributed by atoms with Gasteiger partial charge in [0, 0.05) is 37.1 Å². The smallest absolute Gasteiger partial charge is 0.323 e. The summed E-state index contributed by atoms with van der Waals surface area (Å²) >= 11 is 0. The Hall–Kier alpha value is -3.46. The minimum absolute atomic E-state index is 0.122. The highest BCUT2D eigenvalue weighted by molar-refractivity contribution is 6.00. The van der Waals surface area contributed by atoms with Crippen LogP contribution in [0.25, 0.3) is 11.3 Å². The molecule has 0 saturated heterocycles. The molecule has 0 atom stereocenters. The number of nitrogens with one attached hydrogen (secondary N) is 3. The SMILES string of the molecule is CNCCOc1ccc(NC(=O)Nc2ccc(F)cc2F)cc1-c1ccnn1C. The maximum absolute atomic E-state index is 13.7. The number of ether oxygens (including phenoxy) is 1. The first-order chi connectivity index (χ1) is 14.0. The lowest BCUT2D eigenvalue weighted by Crippen LogP contribution is -2.20. The number of rotatable bonds is 7. The quantitative estimate of drug-likeness (QED) is 0.529. The minimum Gasteiger partial charge on any atom is -0.492 e. The van der Waals surface area contributed by atoms with Gasteiger partial charge in [-0.1, -0.05) is 0 Å². The summed E-state index contributed by atoms with van der Waals surface area (Å²) in [6, 6.07) is 9.26. The Kier molecular flexibility index (Phi) is 6.40. The van der Waals surface area contributed by atoms with E-state index in [0.717, 1.165) is 23.4 Å². The monoisotopic (exact) mass is 401 g/mol. The molecule has 3 aromatic rings. The molecule has 152 valence electrons. The standard InChI is InChI=1S/C20H21F2N5O2/c1-23-9-10-29-19-6-4-14(12-15(19)18-7-8-24-27(18)2)25-20(28)26-17-5-3-13(21)11-16(17)22/h3-8,11-12,23H,9-10H2,1-2H3,(H2,25,26,28). The van der Waals surface area contributed by atoms with E-state index in [-0.39, 0.29) is 5.69 Å². The number of amides is 2. The Balaban J connectivity index is 1.80. The maximum Gasteiger partial charge on any atom is 0.323 e. The number of urea groups is 1. The summed E-state index contributed by atoms with van der Waals surface area (Å²) in [5, 5.41) is 12.2. The molecule has 0 aliphatic carbocycles. The lowest BCUT2D eigenvalue weighted by molar-refractivity contribution is 0.262. The van der Waals surface area contributed by atoms with E-state index in [2.05, 4.69) is 21.0 Å². The topological polar surface area (TPSA) is 80.2 Å². The van der Waals surface area contributed by atoms with Crippen LogP contribution in [0.1, 0.15) is 0 Å². The molecule has 0 unspecified atom stereocenters. The van der Waals surface area contributed by atoms with Crippen LogP contribution in [0.5, 0.6) is 5.75 Å². The molecule has 29 heavy (non-hydrogen) atoms. The van der Waals surface area contributed by atoms with Crippen molar-refractivity contribution in [2.45, 2.75) is 0 Å². The van der Waals surface area contributed by atoms with Crippen LogP contribution in [0, 0.1) is 11.6 Å². The second-order valence-electron chi connectivity index (χ2n) is 6.21. The van der Waals surface area contributed by atoms with Gasteiger partial charge in [-0.15, -0.1) is 0 Å². The van der Waals surface area contributed by atoms with E-state index in [0.29, 0.717) is 30.7 Å². The summed E-state index contributed by atoms with van der Waals surface area (Å²) in [4.78, 5) is 12.2. The molecule has 0 aliphatic rings. The maximum atomic E-state index is 13.7. The van der Waals surface area contributed by atoms with Crippen LogP contribution < -0.4 is 20.7 Å². The number of hydrogen-bond acceptors (Lipinski definition) is 4. The molecule has 3 N–H and O–H groups in total. The Morgan fingerprint density at radius 1 is 1.14 bits per heavy atom. The van der Waals surface area contributed by atoms with E-state index >= 15 is 0 Å². The van der Waals surface area contributed by atoms with Gasteiger partial charge in [0.05, 0.1) is 11.4 Å². The average molecular weight is 401 g/mol. The number of carbonyl (C=O) groups is 1. The first-order valence-electron chi connectivity index (χ1n) is 8.91. The van der Waals surface area contributed by atoms with Gasteiger partial charge in [0.25, 0.3) is 0 Å². The largest absolute Gasteiger partial charge is 0.492 e. The summed E-state index contributed by atoms with van der Waals surface area (Å²) in [5.74, 6) is -0.938. The van der Waals surface area contributed by atoms with Crippen molar-refractivity contribution in [1.82, 2.24) is 15.1 Å². The fourth-order valence-electron chi connectivity index (χ4n) is 2.71. The number of aryl methyl sites for hydroxylation is 1. The van der Waals surface area contributed by atoms with Crippen molar-refractivity contribution in [2.24, 2.45) is 7.05 Å². The highest BCUT2D eigenvalue weighted by Crippen LogP contribution is 2.32. The number of halogens is 2. The van der Waals surface area contributed by atoms with Crippen LogP contribution in [0.3, 0.4) is 0 Å². The van der Waals surface area contributed by atoms with Crippen molar-refractivity contribution in [2.75, 3.05) is 30.8 Å². The number of hydrogen-bond donors (Lipinski definition) is 3. The third-order valence-electron chi connectivity index (χ3n) is 4.12. The average Bonchev–Trinajstić information content (AvgIpc) is 3.11. The van der Waals surface area contributed by atoms with E-state index in [1.165, 1.54) is 0 Å². The van der Waals surface area contributed by atoms with Gasteiger partial charge < -0.3 is 20.7 Å². The van der Waals surface area contributed by atoms with Crippen molar-refractivity contribution in [1.29, 1.82) is 0 Å². The first-order valence-corrected chi connectivity index (χ1v) is 8.91. The number of likely N-dealkylation sites (N-methyl/N-ethyl adjacent to an activating group) is 1. The highest BCUT2D eigenvalue weighted by Gasteiger charge is 2.13. The summed E-state index contributed by atoms with van der Waals surface area (Å²) in [6.45, 7) is 1.15. The molecule has 0 bridgehead atoms. The van der Waals surface area contributed by atoms with Gasteiger partial charge in [-0.05, 0) is 43.4 Å². The molecule has 0 radical (unpaired) electrons. The molecule has 7 nitrogen and oxygen atoms in total. The summed E-state index contributed by atoms with van der Waals surface area (Å²) < 4.78 is 34.2. The summed E-state index contributed by atoms with van der Waals surface area (Å²) in [5.41, 5.74) is 1.90. The lowest BCUT2D eigenvalue weighted by Gasteiger charge is -2.14. The van der Waals surface area contributed by atoms with Gasteiger partial charge >= 0.3 is 6.03 Å². The Morgan fingerprint density at radius 2 is 1.97 bits per heavy atom. The van der Waals surface area contributed by atoms with E-state index < -0.39 is 17.7 Å². The molecule has 0 saturated carbocycles. The predicted molar refractivity (Wildman–Crippen MR) is 107 cm³/mol. The lowest BCUT2D eigenvalue weighted by atomic mass is 10.1. The van der Waals surface area contributed by atoms with Crippen LogP contribution in [-0.2, 0) is 7.05 Å². The summed E-state index contributed by atoms with van der Waals surface area (Å²) in [6.07, 6.45) is 1.66. The number of carbonyl (C=O) groups excluding carboxylic acids is 1. The van der Waals surface area contributed by atoms with Crippen LogP contribution >= 0.6 is 0 Å². The molecule has 2 amide bonds. The third kappa shape index (κ3) is 5.08. The van der Waals surface area contributed by atoms with Crippen molar-refractivity contribution in [3.8, 4) is 17.0 Å². The van der Waals surface area contributed by atoms with E-state index in [4.69, 9.17) is 4.74 Å². The molecule has 0 aliphatic heterocycles. The van der Waals surface area contributed by atoms with Gasteiger partial charge in [0.2, 0.25) is 0 Å². The van der Waals surface area contributed by atoms with Gasteiger partial charge in [-0.3, -0.25) is 4.68 Å². The fourth-order valence-corrected chi connectivity index (χ4v) is 2.71. The van der Waals surface area contributed by atoms with E-state index in [9.17, 15) is 13.6 Å². The molecular formula is C20H21F2N5O2. The van der Waals surface area contributed by atoms with Crippen molar-refractivity contribution in [3.05, 3.63) is 60.3 Å². The second-order valence-corrected chi connectivity index (χ2v) is 6.21. The number of benzene rings is 2. The Bertz CT molecular complexity index is 1010. The van der Waals surface area contributed by atoms with Gasteiger partial charge in [-0.2, -0.15) is 5.10 Å². The molecule has 1 aromatic heterocycles. The zero-order valence-corrected chi connectivity index (χ0v) is 16.0. The van der Waals surface area contributed by atoms with Crippen LogP contribution in [0.4, 0.5) is 25.0 Å². The van der Waals surface area contributed by atoms with Crippen molar-refractivity contribution in [3.63, 3.8) is 0 Å². The second kappa shape index (κ2) is 9.16. The van der Waals surface area contributed by atoms with Crippen molar-refractivity contribution < 1.29 is 18.3 Å². The molecular weight excluding hydrogens is 380 g/mol. The van der Waals surface area contributed by atoms with Crippen LogP contribution in [0.2, 0.25) is 0 Å². The number of aromatic nitrogens is 2. The van der Waals surface area contributed by atoms with Crippen LogP contribution in [0.15, 0.2) is 48.7 Å². The first kappa shape index (κ1) is 20.3. The molecule has 1 heterocycles. The van der Waals surface area contributed by atoms with Crippen molar-refractivity contribution >= 4 is 17.4 Å². The van der Waals surface area contributed by atoms with Gasteiger partial charge in [-0.25, -0.2) is 13.6 Å². The number of anilines is 2.